The lowest BCUT2D eigenvalue weighted by molar-refractivity contribution is 0.281. The van der Waals surface area contributed by atoms with Crippen molar-refractivity contribution in [1.82, 2.24) is 9.71 Å². The molecule has 7 heteroatoms. The van der Waals surface area contributed by atoms with E-state index in [-0.39, 0.29) is 23.1 Å². The molecule has 106 valence electrons. The summed E-state index contributed by atoms with van der Waals surface area (Å²) < 4.78 is 26.8. The Bertz CT molecular complexity index is 690. The fourth-order valence-electron chi connectivity index (χ4n) is 1.60. The molecule has 0 aliphatic carbocycles. The summed E-state index contributed by atoms with van der Waals surface area (Å²) in [6.45, 7) is -0.178. The number of nitrogens with zero attached hydrogens (tertiary/aromatic N) is 1. The van der Waals surface area contributed by atoms with E-state index in [2.05, 4.69) is 9.71 Å². The molecule has 1 aromatic heterocycles. The number of hydrogen-bond donors (Lipinski definition) is 2. The van der Waals surface area contributed by atoms with Crippen molar-refractivity contribution < 1.29 is 13.5 Å². The second-order valence-corrected chi connectivity index (χ2v) is 6.21. The molecule has 2 aromatic rings. The Morgan fingerprint density at radius 1 is 1.25 bits per heavy atom. The first kappa shape index (κ1) is 14.9. The molecule has 1 aromatic carbocycles. The molecule has 0 spiro atoms. The molecule has 1 heterocycles. The standard InChI is InChI=1S/C13H13ClN2O3S/c14-12-5-4-10(9-17)7-13(12)20(18,19)16-8-11-3-1-2-6-15-11/h1-7,16-17H,8-9H2. The lowest BCUT2D eigenvalue weighted by atomic mass is 10.2. The maximum absolute atomic E-state index is 12.2. The van der Waals surface area contributed by atoms with Gasteiger partial charge >= 0.3 is 0 Å². The number of halogens is 1. The third-order valence-corrected chi connectivity index (χ3v) is 4.52. The Morgan fingerprint density at radius 3 is 2.70 bits per heavy atom. The van der Waals surface area contributed by atoms with Crippen LogP contribution in [0, 0.1) is 0 Å². The number of aromatic nitrogens is 1. The number of rotatable bonds is 5. The topological polar surface area (TPSA) is 79.3 Å². The van der Waals surface area contributed by atoms with Gasteiger partial charge in [0.25, 0.3) is 0 Å². The highest BCUT2D eigenvalue weighted by atomic mass is 35.5. The Morgan fingerprint density at radius 2 is 2.05 bits per heavy atom. The highest BCUT2D eigenvalue weighted by Gasteiger charge is 2.18. The first-order chi connectivity index (χ1) is 9.53. The van der Waals surface area contributed by atoms with Crippen molar-refractivity contribution in [2.75, 3.05) is 0 Å². The molecule has 2 rings (SSSR count). The average Bonchev–Trinajstić information content (AvgIpc) is 2.47. The van der Waals surface area contributed by atoms with E-state index in [0.717, 1.165) is 0 Å². The van der Waals surface area contributed by atoms with Crippen LogP contribution in [0.25, 0.3) is 0 Å². The Labute approximate surface area is 122 Å². The van der Waals surface area contributed by atoms with Gasteiger partial charge in [0.2, 0.25) is 10.0 Å². The van der Waals surface area contributed by atoms with E-state index >= 15 is 0 Å². The van der Waals surface area contributed by atoms with Crippen LogP contribution in [-0.4, -0.2) is 18.5 Å². The van der Waals surface area contributed by atoms with Crippen molar-refractivity contribution >= 4 is 21.6 Å². The minimum absolute atomic E-state index is 0.0540. The van der Waals surface area contributed by atoms with Gasteiger partial charge in [0, 0.05) is 6.20 Å². The highest BCUT2D eigenvalue weighted by molar-refractivity contribution is 7.89. The van der Waals surface area contributed by atoms with Gasteiger partial charge in [0.05, 0.1) is 23.9 Å². The van der Waals surface area contributed by atoms with E-state index in [4.69, 9.17) is 16.7 Å². The summed E-state index contributed by atoms with van der Waals surface area (Å²) in [6.07, 6.45) is 1.59. The molecule has 0 unspecified atom stereocenters. The van der Waals surface area contributed by atoms with Gasteiger partial charge in [0.1, 0.15) is 4.90 Å². The van der Waals surface area contributed by atoms with Crippen molar-refractivity contribution in [3.8, 4) is 0 Å². The second kappa shape index (κ2) is 6.32. The van der Waals surface area contributed by atoms with Crippen molar-refractivity contribution in [3.05, 3.63) is 58.9 Å². The summed E-state index contributed by atoms with van der Waals surface area (Å²) in [5.74, 6) is 0. The minimum Gasteiger partial charge on any atom is -0.392 e. The summed E-state index contributed by atoms with van der Waals surface area (Å²) in [5, 5.41) is 9.17. The van der Waals surface area contributed by atoms with Crippen LogP contribution in [0.4, 0.5) is 0 Å². The van der Waals surface area contributed by atoms with E-state index in [1.807, 2.05) is 0 Å². The third kappa shape index (κ3) is 3.55. The van der Waals surface area contributed by atoms with Crippen LogP contribution >= 0.6 is 11.6 Å². The fourth-order valence-corrected chi connectivity index (χ4v) is 3.15. The zero-order chi connectivity index (χ0) is 14.6. The summed E-state index contributed by atoms with van der Waals surface area (Å²) in [6, 6.07) is 9.61. The predicted molar refractivity (Wildman–Crippen MR) is 75.6 cm³/mol. The molecule has 0 aliphatic rings. The number of sulfonamides is 1. The molecule has 0 aliphatic heterocycles. The summed E-state index contributed by atoms with van der Waals surface area (Å²) in [5.41, 5.74) is 1.08. The lowest BCUT2D eigenvalue weighted by Crippen LogP contribution is -2.24. The summed E-state index contributed by atoms with van der Waals surface area (Å²) in [4.78, 5) is 3.98. The molecule has 0 saturated carbocycles. The number of pyridine rings is 1. The van der Waals surface area contributed by atoms with Crippen molar-refractivity contribution in [2.45, 2.75) is 18.0 Å². The van der Waals surface area contributed by atoms with Crippen molar-refractivity contribution in [3.63, 3.8) is 0 Å². The SMILES string of the molecule is O=S(=O)(NCc1ccccn1)c1cc(CO)ccc1Cl. The van der Waals surface area contributed by atoms with E-state index < -0.39 is 10.0 Å². The third-order valence-electron chi connectivity index (χ3n) is 2.64. The molecule has 0 radical (unpaired) electrons. The van der Waals surface area contributed by atoms with Gasteiger partial charge < -0.3 is 5.11 Å². The maximum atomic E-state index is 12.2. The first-order valence-electron chi connectivity index (χ1n) is 5.82. The molecule has 20 heavy (non-hydrogen) atoms. The van der Waals surface area contributed by atoms with Gasteiger partial charge in [-0.2, -0.15) is 0 Å². The molecule has 0 saturated heterocycles. The second-order valence-electron chi connectivity index (χ2n) is 4.07. The number of nitrogens with one attached hydrogen (secondary N) is 1. The van der Waals surface area contributed by atoms with Crippen LogP contribution in [0.2, 0.25) is 5.02 Å². The normalized spacial score (nSPS) is 11.5. The quantitative estimate of drug-likeness (QED) is 0.881. The molecule has 5 nitrogen and oxygen atoms in total. The van der Waals surface area contributed by atoms with Crippen LogP contribution in [0.15, 0.2) is 47.5 Å². The van der Waals surface area contributed by atoms with Gasteiger partial charge in [-0.05, 0) is 29.8 Å². The zero-order valence-corrected chi connectivity index (χ0v) is 12.0. The maximum Gasteiger partial charge on any atom is 0.242 e. The van der Waals surface area contributed by atoms with E-state index in [1.54, 1.807) is 30.5 Å². The van der Waals surface area contributed by atoms with Gasteiger partial charge in [-0.25, -0.2) is 13.1 Å². The average molecular weight is 313 g/mol. The molecular formula is C13H13ClN2O3S. The highest BCUT2D eigenvalue weighted by Crippen LogP contribution is 2.22. The van der Waals surface area contributed by atoms with Crippen LogP contribution < -0.4 is 4.72 Å². The number of benzene rings is 1. The zero-order valence-electron chi connectivity index (χ0n) is 10.5. The Balaban J connectivity index is 2.22. The fraction of sp³-hybridized carbons (Fsp3) is 0.154. The van der Waals surface area contributed by atoms with Gasteiger partial charge in [0.15, 0.2) is 0 Å². The summed E-state index contributed by atoms with van der Waals surface area (Å²) >= 11 is 5.90. The molecule has 0 fully saturated rings. The van der Waals surface area contributed by atoms with E-state index in [1.165, 1.54) is 12.1 Å². The number of aliphatic hydroxyl groups is 1. The Kier molecular flexibility index (Phi) is 4.72. The van der Waals surface area contributed by atoms with Crippen LogP contribution in [0.1, 0.15) is 11.3 Å². The number of hydrogen-bond acceptors (Lipinski definition) is 4. The number of aliphatic hydroxyl groups excluding tert-OH is 1. The minimum atomic E-state index is -3.75. The van der Waals surface area contributed by atoms with Crippen LogP contribution in [0.3, 0.4) is 0 Å². The first-order valence-corrected chi connectivity index (χ1v) is 7.68. The molecule has 2 N–H and O–H groups in total. The van der Waals surface area contributed by atoms with Gasteiger partial charge in [-0.15, -0.1) is 0 Å². The largest absolute Gasteiger partial charge is 0.392 e. The lowest BCUT2D eigenvalue weighted by Gasteiger charge is -2.09. The van der Waals surface area contributed by atoms with E-state index in [0.29, 0.717) is 11.3 Å². The molecule has 0 amide bonds. The Hall–Kier alpha value is -1.47. The molecule has 0 bridgehead atoms. The summed E-state index contributed by atoms with van der Waals surface area (Å²) in [7, 11) is -3.75. The van der Waals surface area contributed by atoms with E-state index in [9.17, 15) is 8.42 Å². The molecule has 0 atom stereocenters. The smallest absolute Gasteiger partial charge is 0.242 e. The monoisotopic (exact) mass is 312 g/mol. The van der Waals surface area contributed by atoms with Gasteiger partial charge in [-0.1, -0.05) is 23.7 Å². The predicted octanol–water partition coefficient (Wildman–Crippen LogP) is 1.71. The molecular weight excluding hydrogens is 300 g/mol. The van der Waals surface area contributed by atoms with Crippen LogP contribution in [-0.2, 0) is 23.2 Å². The van der Waals surface area contributed by atoms with Gasteiger partial charge in [-0.3, -0.25) is 4.98 Å². The van der Waals surface area contributed by atoms with Crippen molar-refractivity contribution in [1.29, 1.82) is 0 Å². The van der Waals surface area contributed by atoms with Crippen molar-refractivity contribution in [2.24, 2.45) is 0 Å². The van der Waals surface area contributed by atoms with Crippen LogP contribution in [0.5, 0.6) is 0 Å².